The van der Waals surface area contributed by atoms with Crippen LogP contribution in [0.5, 0.6) is 5.75 Å². The second-order valence-corrected chi connectivity index (χ2v) is 4.85. The molecule has 21 heavy (non-hydrogen) atoms. The molecule has 7 heteroatoms. The largest absolute Gasteiger partial charge is 0.470 e. The lowest BCUT2D eigenvalue weighted by Crippen LogP contribution is -2.24. The quantitative estimate of drug-likeness (QED) is 0.830. The summed E-state index contributed by atoms with van der Waals surface area (Å²) >= 11 is 11.9. The average molecular weight is 326 g/mol. The van der Waals surface area contributed by atoms with Gasteiger partial charge in [-0.15, -0.1) is 6.58 Å². The van der Waals surface area contributed by atoms with Crippen LogP contribution in [0.15, 0.2) is 43.1 Å². The smallest absolute Gasteiger partial charge is 0.272 e. The molecule has 0 aliphatic carbocycles. The van der Waals surface area contributed by atoms with Crippen molar-refractivity contribution in [2.24, 2.45) is 0 Å². The van der Waals surface area contributed by atoms with Gasteiger partial charge in [-0.1, -0.05) is 35.3 Å². The minimum absolute atomic E-state index is 0.120. The summed E-state index contributed by atoms with van der Waals surface area (Å²) in [6.45, 7) is 4.04. The van der Waals surface area contributed by atoms with E-state index < -0.39 is 0 Å². The van der Waals surface area contributed by atoms with E-state index in [0.29, 0.717) is 28.0 Å². The van der Waals surface area contributed by atoms with Crippen molar-refractivity contribution in [2.45, 2.75) is 6.73 Å². The maximum atomic E-state index is 11.7. The second-order valence-electron chi connectivity index (χ2n) is 4.06. The molecule has 0 saturated carbocycles. The van der Waals surface area contributed by atoms with Gasteiger partial charge in [0.25, 0.3) is 5.91 Å². The molecule has 0 aliphatic heterocycles. The molecule has 0 saturated heterocycles. The predicted octanol–water partition coefficient (Wildman–Crippen LogP) is 3.14. The van der Waals surface area contributed by atoms with Crippen LogP contribution in [-0.2, 0) is 6.73 Å². The molecule has 0 radical (unpaired) electrons. The fourth-order valence-electron chi connectivity index (χ4n) is 1.54. The number of amides is 1. The number of nitrogens with zero attached hydrogens (tertiary/aromatic N) is 2. The molecule has 2 aromatic rings. The molecule has 2 rings (SSSR count). The van der Waals surface area contributed by atoms with Crippen LogP contribution in [0.1, 0.15) is 10.5 Å². The summed E-state index contributed by atoms with van der Waals surface area (Å²) < 4.78 is 7.00. The minimum atomic E-state index is -0.269. The maximum absolute atomic E-state index is 11.7. The van der Waals surface area contributed by atoms with Crippen molar-refractivity contribution in [1.29, 1.82) is 0 Å². The zero-order valence-corrected chi connectivity index (χ0v) is 12.6. The number of rotatable bonds is 6. The van der Waals surface area contributed by atoms with Crippen LogP contribution < -0.4 is 10.1 Å². The summed E-state index contributed by atoms with van der Waals surface area (Å²) in [6.07, 6.45) is 3.24. The van der Waals surface area contributed by atoms with Crippen molar-refractivity contribution in [3.05, 3.63) is 58.9 Å². The Morgan fingerprint density at radius 3 is 3.00 bits per heavy atom. The number of aromatic nitrogens is 2. The lowest BCUT2D eigenvalue weighted by molar-refractivity contribution is 0.0951. The minimum Gasteiger partial charge on any atom is -0.470 e. The second kappa shape index (κ2) is 7.15. The molecule has 1 heterocycles. The summed E-state index contributed by atoms with van der Waals surface area (Å²) in [6, 6.07) is 6.71. The average Bonchev–Trinajstić information content (AvgIpc) is 2.95. The van der Waals surface area contributed by atoms with Crippen LogP contribution in [-0.4, -0.2) is 22.2 Å². The van der Waals surface area contributed by atoms with E-state index in [1.54, 1.807) is 36.5 Å². The summed E-state index contributed by atoms with van der Waals surface area (Å²) in [4.78, 5) is 11.7. The third-order valence-corrected chi connectivity index (χ3v) is 3.35. The first-order valence-corrected chi connectivity index (χ1v) is 6.86. The summed E-state index contributed by atoms with van der Waals surface area (Å²) in [5.41, 5.74) is 0.303. The van der Waals surface area contributed by atoms with Gasteiger partial charge in [-0.2, -0.15) is 5.10 Å². The Labute approximate surface area is 132 Å². The molecule has 1 aromatic carbocycles. The molecule has 0 spiro atoms. The Morgan fingerprint density at radius 2 is 2.24 bits per heavy atom. The van der Waals surface area contributed by atoms with Crippen molar-refractivity contribution < 1.29 is 9.53 Å². The number of carbonyl (C=O) groups is 1. The first-order chi connectivity index (χ1) is 10.1. The van der Waals surface area contributed by atoms with Crippen LogP contribution in [0.2, 0.25) is 10.0 Å². The molecule has 0 aliphatic rings. The molecule has 0 atom stereocenters. The normalized spacial score (nSPS) is 10.2. The van der Waals surface area contributed by atoms with Crippen molar-refractivity contribution >= 4 is 29.1 Å². The highest BCUT2D eigenvalue weighted by Gasteiger charge is 2.09. The highest BCUT2D eigenvalue weighted by molar-refractivity contribution is 6.42. The van der Waals surface area contributed by atoms with Gasteiger partial charge in [-0.3, -0.25) is 4.79 Å². The van der Waals surface area contributed by atoms with E-state index in [1.807, 2.05) is 0 Å². The van der Waals surface area contributed by atoms with Crippen molar-refractivity contribution in [3.8, 4) is 5.75 Å². The van der Waals surface area contributed by atoms with Gasteiger partial charge in [0.2, 0.25) is 0 Å². The van der Waals surface area contributed by atoms with E-state index in [-0.39, 0.29) is 12.6 Å². The highest BCUT2D eigenvalue weighted by atomic mass is 35.5. The predicted molar refractivity (Wildman–Crippen MR) is 81.8 cm³/mol. The molecule has 110 valence electrons. The van der Waals surface area contributed by atoms with Gasteiger partial charge in [-0.25, -0.2) is 4.68 Å². The van der Waals surface area contributed by atoms with Gasteiger partial charge in [-0.05, 0) is 18.2 Å². The number of hydrogen-bond donors (Lipinski definition) is 1. The van der Waals surface area contributed by atoms with Gasteiger partial charge in [0.15, 0.2) is 6.73 Å². The Morgan fingerprint density at radius 1 is 1.43 bits per heavy atom. The molecular weight excluding hydrogens is 313 g/mol. The molecule has 1 N–H and O–H groups in total. The summed E-state index contributed by atoms with van der Waals surface area (Å²) in [7, 11) is 0. The first kappa shape index (κ1) is 15.4. The number of ether oxygens (including phenoxy) is 1. The molecule has 0 fully saturated rings. The summed E-state index contributed by atoms with van der Waals surface area (Å²) in [5.74, 6) is 0.187. The number of halogens is 2. The zero-order valence-electron chi connectivity index (χ0n) is 11.1. The van der Waals surface area contributed by atoms with E-state index in [4.69, 9.17) is 27.9 Å². The van der Waals surface area contributed by atoms with Gasteiger partial charge in [0.1, 0.15) is 16.5 Å². The van der Waals surface area contributed by atoms with Crippen molar-refractivity contribution in [3.63, 3.8) is 0 Å². The van der Waals surface area contributed by atoms with Crippen LogP contribution in [0.25, 0.3) is 0 Å². The Kier molecular flexibility index (Phi) is 5.25. The zero-order chi connectivity index (χ0) is 15.2. The van der Waals surface area contributed by atoms with Gasteiger partial charge >= 0.3 is 0 Å². The van der Waals surface area contributed by atoms with Gasteiger partial charge in [0.05, 0.1) is 5.02 Å². The fourth-order valence-corrected chi connectivity index (χ4v) is 1.89. The topological polar surface area (TPSA) is 56.2 Å². The number of carbonyl (C=O) groups excluding carboxylic acids is 1. The van der Waals surface area contributed by atoms with E-state index in [9.17, 15) is 4.79 Å². The molecule has 0 bridgehead atoms. The standard InChI is InChI=1S/C14H13Cl2N3O2/c1-2-7-17-14(20)11-6-8-19(18-11)9-21-12-5-3-4-10(15)13(12)16/h2-6,8H,1,7,9H2,(H,17,20). The van der Waals surface area contributed by atoms with Gasteiger partial charge < -0.3 is 10.1 Å². The Hall–Kier alpha value is -1.98. The van der Waals surface area contributed by atoms with Crippen molar-refractivity contribution in [2.75, 3.05) is 6.54 Å². The number of hydrogen-bond acceptors (Lipinski definition) is 3. The van der Waals surface area contributed by atoms with Crippen molar-refractivity contribution in [1.82, 2.24) is 15.1 Å². The maximum Gasteiger partial charge on any atom is 0.272 e. The van der Waals surface area contributed by atoms with Crippen LogP contribution in [0.4, 0.5) is 0 Å². The lowest BCUT2D eigenvalue weighted by Gasteiger charge is -2.08. The fraction of sp³-hybridized carbons (Fsp3) is 0.143. The van der Waals surface area contributed by atoms with Crippen LogP contribution in [0.3, 0.4) is 0 Å². The molecule has 1 amide bonds. The molecule has 5 nitrogen and oxygen atoms in total. The van der Waals surface area contributed by atoms with Gasteiger partial charge in [0, 0.05) is 12.7 Å². The Bertz CT molecular complexity index is 655. The monoisotopic (exact) mass is 325 g/mol. The van der Waals surface area contributed by atoms with E-state index >= 15 is 0 Å². The molecule has 1 aromatic heterocycles. The number of benzene rings is 1. The van der Waals surface area contributed by atoms with E-state index in [0.717, 1.165) is 0 Å². The third-order valence-electron chi connectivity index (χ3n) is 2.55. The third kappa shape index (κ3) is 4.00. The van der Waals surface area contributed by atoms with Crippen LogP contribution >= 0.6 is 23.2 Å². The van der Waals surface area contributed by atoms with Crippen LogP contribution in [0, 0.1) is 0 Å². The Balaban J connectivity index is 1.98. The highest BCUT2D eigenvalue weighted by Crippen LogP contribution is 2.31. The van der Waals surface area contributed by atoms with E-state index in [2.05, 4.69) is 17.0 Å². The summed E-state index contributed by atoms with van der Waals surface area (Å²) in [5, 5.41) is 7.50. The van der Waals surface area contributed by atoms with E-state index in [1.165, 1.54) is 4.68 Å². The molecule has 0 unspecified atom stereocenters. The first-order valence-electron chi connectivity index (χ1n) is 6.11. The number of nitrogens with one attached hydrogen (secondary N) is 1. The lowest BCUT2D eigenvalue weighted by atomic mass is 10.3. The molecular formula is C14H13Cl2N3O2. The SMILES string of the molecule is C=CCNC(=O)c1ccn(COc2cccc(Cl)c2Cl)n1.